The third-order valence-corrected chi connectivity index (χ3v) is 9.98. The number of carbonyl (C=O) groups excluding carboxylic acids is 4. The predicted octanol–water partition coefficient (Wildman–Crippen LogP) is 7.43. The van der Waals surface area contributed by atoms with Gasteiger partial charge < -0.3 is 30.0 Å². The van der Waals surface area contributed by atoms with Crippen LogP contribution in [0.15, 0.2) is 126 Å². The summed E-state index contributed by atoms with van der Waals surface area (Å²) in [6, 6.07) is 36.9. The van der Waals surface area contributed by atoms with E-state index in [9.17, 15) is 24.3 Å². The van der Waals surface area contributed by atoms with Gasteiger partial charge in [-0.3, -0.25) is 9.59 Å². The van der Waals surface area contributed by atoms with Crippen LogP contribution in [0.3, 0.4) is 0 Å². The normalized spacial score (nSPS) is 19.4. The van der Waals surface area contributed by atoms with Gasteiger partial charge in [-0.1, -0.05) is 66.7 Å². The number of hydrogen-bond donors (Lipinski definition) is 3. The van der Waals surface area contributed by atoms with E-state index >= 15 is 0 Å². The van der Waals surface area contributed by atoms with Crippen LogP contribution < -0.4 is 10.6 Å². The molecule has 4 unspecified atom stereocenters. The fourth-order valence-electron chi connectivity index (χ4n) is 6.36. The SMILES string of the molecule is CC(=O)Nc1ccc(SCC2OC(c3cccc(NC(=O)c4ccc5c(c4)C(=O)OC5=O)c3)OC(c3ccc(CO)cc3)C2c2ccccc2)cc1. The van der Waals surface area contributed by atoms with E-state index < -0.39 is 30.2 Å². The molecule has 2 amide bonds. The molecule has 0 radical (unpaired) electrons. The molecule has 262 valence electrons. The van der Waals surface area contributed by atoms with E-state index in [1.807, 2.05) is 72.8 Å². The van der Waals surface area contributed by atoms with Crippen LogP contribution in [0, 0.1) is 0 Å². The van der Waals surface area contributed by atoms with Gasteiger partial charge in [0.05, 0.1) is 29.9 Å². The first-order chi connectivity index (χ1) is 25.2. The van der Waals surface area contributed by atoms with Crippen molar-refractivity contribution in [3.05, 3.63) is 160 Å². The van der Waals surface area contributed by atoms with Gasteiger partial charge in [0, 0.05) is 46.0 Å². The largest absolute Gasteiger partial charge is 0.392 e. The number of hydrogen-bond acceptors (Lipinski definition) is 9. The molecule has 3 N–H and O–H groups in total. The average molecular weight is 715 g/mol. The number of nitrogens with one attached hydrogen (secondary N) is 2. The van der Waals surface area contributed by atoms with E-state index in [2.05, 4.69) is 27.5 Å². The fraction of sp³-hybridized carbons (Fsp3) is 0.171. The van der Waals surface area contributed by atoms with E-state index in [1.165, 1.54) is 25.1 Å². The number of carbonyl (C=O) groups is 4. The summed E-state index contributed by atoms with van der Waals surface area (Å²) >= 11 is 1.63. The minimum Gasteiger partial charge on any atom is -0.392 e. The summed E-state index contributed by atoms with van der Waals surface area (Å²) in [7, 11) is 0. The van der Waals surface area contributed by atoms with Gasteiger partial charge in [-0.05, 0) is 71.3 Å². The van der Waals surface area contributed by atoms with Crippen molar-refractivity contribution in [2.45, 2.75) is 42.8 Å². The Balaban J connectivity index is 1.18. The maximum Gasteiger partial charge on any atom is 0.346 e. The number of benzene rings is 5. The number of thioether (sulfide) groups is 1. The molecule has 2 aliphatic heterocycles. The number of anilines is 2. The summed E-state index contributed by atoms with van der Waals surface area (Å²) in [6.07, 6.45) is -1.59. The molecule has 4 atom stereocenters. The number of fused-ring (bicyclic) bond motifs is 1. The van der Waals surface area contributed by atoms with E-state index in [-0.39, 0.29) is 41.2 Å². The Hall–Kier alpha value is -5.59. The zero-order valence-electron chi connectivity index (χ0n) is 28.0. The molecular weight excluding hydrogens is 681 g/mol. The molecule has 0 bridgehead atoms. The van der Waals surface area contributed by atoms with Gasteiger partial charge in [0.15, 0.2) is 6.29 Å². The van der Waals surface area contributed by atoms with Crippen molar-refractivity contribution in [2.24, 2.45) is 0 Å². The topological polar surface area (TPSA) is 140 Å². The Kier molecular flexibility index (Phi) is 10.3. The molecule has 7 rings (SSSR count). The zero-order chi connectivity index (χ0) is 36.2. The number of rotatable bonds is 10. The standard InChI is InChI=1S/C41H34N2O8S/c1-24(45)42-30-15-17-32(18-16-30)52-23-35-36(26-6-3-2-4-7-26)37(27-12-10-25(22-44)11-13-27)50-41(49-35)29-8-5-9-31(20-29)43-38(46)28-14-19-33-34(21-28)40(48)51-39(33)47/h2-21,35-37,41,44H,22-23H2,1H3,(H,42,45)(H,43,46). The summed E-state index contributed by atoms with van der Waals surface area (Å²) < 4.78 is 18.3. The van der Waals surface area contributed by atoms with Crippen LogP contribution in [-0.4, -0.2) is 40.7 Å². The first kappa shape index (κ1) is 34.8. The first-order valence-electron chi connectivity index (χ1n) is 16.6. The van der Waals surface area contributed by atoms with Crippen molar-refractivity contribution < 1.29 is 38.5 Å². The maximum absolute atomic E-state index is 13.3. The molecule has 5 aromatic rings. The number of ether oxygens (including phenoxy) is 3. The number of esters is 2. The number of cyclic esters (lactones) is 2. The van der Waals surface area contributed by atoms with Crippen LogP contribution in [0.2, 0.25) is 0 Å². The molecule has 11 heteroatoms. The van der Waals surface area contributed by atoms with Crippen molar-refractivity contribution in [3.63, 3.8) is 0 Å². The van der Waals surface area contributed by atoms with Gasteiger partial charge in [-0.2, -0.15) is 0 Å². The second-order valence-electron chi connectivity index (χ2n) is 12.4. The van der Waals surface area contributed by atoms with Crippen LogP contribution in [0.1, 0.15) is 78.6 Å². The van der Waals surface area contributed by atoms with Gasteiger partial charge in [-0.25, -0.2) is 9.59 Å². The number of amides is 2. The van der Waals surface area contributed by atoms with Crippen LogP contribution >= 0.6 is 11.8 Å². The molecule has 0 aliphatic carbocycles. The Morgan fingerprint density at radius 2 is 1.44 bits per heavy atom. The van der Waals surface area contributed by atoms with Crippen molar-refractivity contribution in [1.29, 1.82) is 0 Å². The lowest BCUT2D eigenvalue weighted by atomic mass is 9.84. The zero-order valence-corrected chi connectivity index (χ0v) is 28.8. The second kappa shape index (κ2) is 15.3. The molecule has 2 heterocycles. The molecule has 2 aliphatic rings. The number of aliphatic hydroxyl groups excluding tert-OH is 1. The lowest BCUT2D eigenvalue weighted by Crippen LogP contribution is -2.38. The minimum atomic E-state index is -0.812. The molecule has 1 saturated heterocycles. The van der Waals surface area contributed by atoms with Crippen LogP contribution in [0.25, 0.3) is 0 Å². The number of aliphatic hydroxyl groups is 1. The minimum absolute atomic E-state index is 0.0500. The van der Waals surface area contributed by atoms with E-state index in [1.54, 1.807) is 30.0 Å². The Morgan fingerprint density at radius 1 is 0.712 bits per heavy atom. The van der Waals surface area contributed by atoms with Crippen molar-refractivity contribution in [2.75, 3.05) is 16.4 Å². The second-order valence-corrected chi connectivity index (χ2v) is 13.5. The van der Waals surface area contributed by atoms with Crippen LogP contribution in [0.4, 0.5) is 11.4 Å². The third kappa shape index (κ3) is 7.68. The Bertz CT molecular complexity index is 2120. The molecular formula is C41H34N2O8S. The maximum atomic E-state index is 13.3. The summed E-state index contributed by atoms with van der Waals surface area (Å²) in [6.45, 7) is 1.39. The third-order valence-electron chi connectivity index (χ3n) is 8.88. The van der Waals surface area contributed by atoms with Crippen molar-refractivity contribution >= 4 is 46.9 Å². The highest BCUT2D eigenvalue weighted by Crippen LogP contribution is 2.48. The summed E-state index contributed by atoms with van der Waals surface area (Å²) in [5, 5.41) is 15.4. The molecule has 5 aromatic carbocycles. The van der Waals surface area contributed by atoms with Gasteiger partial charge in [0.25, 0.3) is 5.91 Å². The molecule has 1 fully saturated rings. The van der Waals surface area contributed by atoms with E-state index in [4.69, 9.17) is 9.47 Å². The van der Waals surface area contributed by atoms with E-state index in [0.717, 1.165) is 21.6 Å². The van der Waals surface area contributed by atoms with E-state index in [0.29, 0.717) is 22.7 Å². The van der Waals surface area contributed by atoms with Gasteiger partial charge in [-0.15, -0.1) is 11.8 Å². The molecule has 52 heavy (non-hydrogen) atoms. The Morgan fingerprint density at radius 3 is 2.17 bits per heavy atom. The van der Waals surface area contributed by atoms with Gasteiger partial charge in [0.2, 0.25) is 5.91 Å². The van der Waals surface area contributed by atoms with Crippen LogP contribution in [0.5, 0.6) is 0 Å². The lowest BCUT2D eigenvalue weighted by molar-refractivity contribution is -0.255. The molecule has 0 aromatic heterocycles. The highest BCUT2D eigenvalue weighted by Gasteiger charge is 2.42. The predicted molar refractivity (Wildman–Crippen MR) is 195 cm³/mol. The quantitative estimate of drug-likeness (QED) is 0.0765. The molecule has 0 spiro atoms. The van der Waals surface area contributed by atoms with Crippen molar-refractivity contribution in [1.82, 2.24) is 0 Å². The van der Waals surface area contributed by atoms with Crippen LogP contribution in [-0.2, 0) is 25.6 Å². The average Bonchev–Trinajstić information content (AvgIpc) is 3.46. The smallest absolute Gasteiger partial charge is 0.346 e. The Labute approximate surface area is 304 Å². The fourth-order valence-corrected chi connectivity index (χ4v) is 7.33. The lowest BCUT2D eigenvalue weighted by Gasteiger charge is -2.43. The summed E-state index contributed by atoms with van der Waals surface area (Å²) in [5.41, 5.74) is 5.00. The molecule has 10 nitrogen and oxygen atoms in total. The summed E-state index contributed by atoms with van der Waals surface area (Å²) in [4.78, 5) is 49.7. The monoisotopic (exact) mass is 714 g/mol. The highest BCUT2D eigenvalue weighted by atomic mass is 32.2. The summed E-state index contributed by atoms with van der Waals surface area (Å²) in [5.74, 6) is -1.76. The highest BCUT2D eigenvalue weighted by molar-refractivity contribution is 7.99. The van der Waals surface area contributed by atoms with Gasteiger partial charge in [0.1, 0.15) is 0 Å². The van der Waals surface area contributed by atoms with Gasteiger partial charge >= 0.3 is 11.9 Å². The van der Waals surface area contributed by atoms with Crippen molar-refractivity contribution in [3.8, 4) is 0 Å². The first-order valence-corrected chi connectivity index (χ1v) is 17.6. The molecule has 0 saturated carbocycles.